The zero-order chi connectivity index (χ0) is 16.7. The average Bonchev–Trinajstić information content (AvgIpc) is 2.59. The molecule has 23 heavy (non-hydrogen) atoms. The van der Waals surface area contributed by atoms with Crippen LogP contribution < -0.4 is 5.32 Å². The number of hydrogen-bond acceptors (Lipinski definition) is 2. The van der Waals surface area contributed by atoms with Crippen LogP contribution in [0, 0.1) is 0 Å². The number of nitrogens with one attached hydrogen (secondary N) is 1. The van der Waals surface area contributed by atoms with E-state index < -0.39 is 0 Å². The lowest BCUT2D eigenvalue weighted by Crippen LogP contribution is -2.35. The molecular weight excluding hydrogens is 326 g/mol. The smallest absolute Gasteiger partial charge is 0.233 e. The highest BCUT2D eigenvalue weighted by Crippen LogP contribution is 2.27. The van der Waals surface area contributed by atoms with E-state index in [1.54, 1.807) is 11.8 Å². The fourth-order valence-electron chi connectivity index (χ4n) is 2.37. The van der Waals surface area contributed by atoms with Crippen molar-refractivity contribution in [3.63, 3.8) is 0 Å². The molecule has 0 aliphatic heterocycles. The molecule has 0 spiro atoms. The maximum absolute atomic E-state index is 12.6. The van der Waals surface area contributed by atoms with Crippen LogP contribution in [-0.4, -0.2) is 11.2 Å². The van der Waals surface area contributed by atoms with Crippen molar-refractivity contribution in [2.75, 3.05) is 0 Å². The molecule has 1 N–H and O–H groups in total. The summed E-state index contributed by atoms with van der Waals surface area (Å²) in [6, 6.07) is 17.8. The lowest BCUT2D eigenvalue weighted by Gasteiger charge is -2.21. The van der Waals surface area contributed by atoms with Gasteiger partial charge in [-0.3, -0.25) is 4.79 Å². The molecule has 2 aromatic rings. The van der Waals surface area contributed by atoms with E-state index in [0.29, 0.717) is 5.02 Å². The number of rotatable bonds is 7. The Morgan fingerprint density at radius 3 is 2.26 bits per heavy atom. The Hall–Kier alpha value is -1.45. The Morgan fingerprint density at radius 2 is 1.70 bits per heavy atom. The first-order valence-electron chi connectivity index (χ1n) is 7.91. The van der Waals surface area contributed by atoms with Gasteiger partial charge in [-0.15, -0.1) is 11.8 Å². The number of halogens is 1. The predicted molar refractivity (Wildman–Crippen MR) is 99.0 cm³/mol. The first kappa shape index (κ1) is 17.9. The van der Waals surface area contributed by atoms with Crippen LogP contribution in [0.4, 0.5) is 0 Å². The van der Waals surface area contributed by atoms with Gasteiger partial charge in [0.05, 0.1) is 11.3 Å². The Labute approximate surface area is 147 Å². The standard InChI is InChI=1S/C19H22ClNOS/c1-3-17(14-8-6-5-7-9-14)21-19(22)18(4-2)23-16-12-10-15(20)11-13-16/h5-13,17-18H,3-4H2,1-2H3,(H,21,22)/t17-,18+/m1/s1. The summed E-state index contributed by atoms with van der Waals surface area (Å²) in [5.41, 5.74) is 1.15. The topological polar surface area (TPSA) is 29.1 Å². The van der Waals surface area contributed by atoms with E-state index in [0.717, 1.165) is 23.3 Å². The van der Waals surface area contributed by atoms with Crippen molar-refractivity contribution in [1.29, 1.82) is 0 Å². The molecule has 0 aliphatic carbocycles. The van der Waals surface area contributed by atoms with Gasteiger partial charge < -0.3 is 5.32 Å². The molecule has 0 aliphatic rings. The minimum absolute atomic E-state index is 0.0589. The lowest BCUT2D eigenvalue weighted by atomic mass is 10.0. The summed E-state index contributed by atoms with van der Waals surface area (Å²) in [6.07, 6.45) is 1.65. The minimum atomic E-state index is -0.103. The molecule has 2 aromatic carbocycles. The quantitative estimate of drug-likeness (QED) is 0.672. The van der Waals surface area contributed by atoms with Crippen LogP contribution >= 0.6 is 23.4 Å². The van der Waals surface area contributed by atoms with Crippen LogP contribution in [0.5, 0.6) is 0 Å². The molecule has 2 atom stereocenters. The SMILES string of the molecule is CC[C@H](Sc1ccc(Cl)cc1)C(=O)N[C@H](CC)c1ccccc1. The summed E-state index contributed by atoms with van der Waals surface area (Å²) < 4.78 is 0. The highest BCUT2D eigenvalue weighted by atomic mass is 35.5. The third-order valence-corrected chi connectivity index (χ3v) is 5.31. The predicted octanol–water partition coefficient (Wildman–Crippen LogP) is 5.48. The van der Waals surface area contributed by atoms with Crippen molar-refractivity contribution >= 4 is 29.3 Å². The molecule has 122 valence electrons. The maximum atomic E-state index is 12.6. The van der Waals surface area contributed by atoms with E-state index in [9.17, 15) is 4.79 Å². The number of carbonyl (C=O) groups excluding carboxylic acids is 1. The van der Waals surface area contributed by atoms with Crippen molar-refractivity contribution in [3.8, 4) is 0 Å². The minimum Gasteiger partial charge on any atom is -0.348 e. The van der Waals surface area contributed by atoms with Gasteiger partial charge in [0.15, 0.2) is 0 Å². The van der Waals surface area contributed by atoms with Gasteiger partial charge in [-0.2, -0.15) is 0 Å². The van der Waals surface area contributed by atoms with Gasteiger partial charge >= 0.3 is 0 Å². The Kier molecular flexibility index (Phi) is 7.00. The van der Waals surface area contributed by atoms with Gasteiger partial charge in [0, 0.05) is 9.92 Å². The Morgan fingerprint density at radius 1 is 1.04 bits per heavy atom. The van der Waals surface area contributed by atoms with Gasteiger partial charge in [-0.25, -0.2) is 0 Å². The maximum Gasteiger partial charge on any atom is 0.233 e. The number of hydrogen-bond donors (Lipinski definition) is 1. The summed E-state index contributed by atoms with van der Waals surface area (Å²) in [7, 11) is 0. The van der Waals surface area contributed by atoms with Gasteiger partial charge in [0.2, 0.25) is 5.91 Å². The molecule has 0 aromatic heterocycles. The summed E-state index contributed by atoms with van der Waals surface area (Å²) in [4.78, 5) is 13.7. The van der Waals surface area contributed by atoms with Crippen molar-refractivity contribution in [3.05, 3.63) is 65.2 Å². The van der Waals surface area contributed by atoms with Crippen LogP contribution in [0.2, 0.25) is 5.02 Å². The zero-order valence-corrected chi connectivity index (χ0v) is 15.0. The van der Waals surface area contributed by atoms with E-state index in [1.165, 1.54) is 0 Å². The number of amides is 1. The molecule has 1 amide bonds. The summed E-state index contributed by atoms with van der Waals surface area (Å²) in [6.45, 7) is 4.13. The largest absolute Gasteiger partial charge is 0.348 e. The molecule has 4 heteroatoms. The molecule has 0 fully saturated rings. The highest BCUT2D eigenvalue weighted by molar-refractivity contribution is 8.00. The summed E-state index contributed by atoms with van der Waals surface area (Å²) in [5.74, 6) is 0.0863. The summed E-state index contributed by atoms with van der Waals surface area (Å²) >= 11 is 7.49. The molecule has 0 heterocycles. The van der Waals surface area contributed by atoms with Crippen molar-refractivity contribution in [2.24, 2.45) is 0 Å². The molecule has 0 unspecified atom stereocenters. The van der Waals surface area contributed by atoms with Gasteiger partial charge in [-0.05, 0) is 42.7 Å². The number of carbonyl (C=O) groups is 1. The van der Waals surface area contributed by atoms with E-state index in [2.05, 4.69) is 24.4 Å². The normalized spacial score (nSPS) is 13.3. The third-order valence-electron chi connectivity index (χ3n) is 3.68. The Balaban J connectivity index is 2.02. The van der Waals surface area contributed by atoms with E-state index in [-0.39, 0.29) is 17.2 Å². The van der Waals surface area contributed by atoms with Crippen LogP contribution in [-0.2, 0) is 4.79 Å². The van der Waals surface area contributed by atoms with E-state index >= 15 is 0 Å². The van der Waals surface area contributed by atoms with E-state index in [1.807, 2.05) is 49.4 Å². The second-order valence-electron chi connectivity index (χ2n) is 5.35. The molecule has 2 rings (SSSR count). The monoisotopic (exact) mass is 347 g/mol. The van der Waals surface area contributed by atoms with Crippen molar-refractivity contribution < 1.29 is 4.79 Å². The van der Waals surface area contributed by atoms with Gasteiger partial charge in [-0.1, -0.05) is 55.8 Å². The first-order valence-corrected chi connectivity index (χ1v) is 9.17. The molecule has 0 saturated heterocycles. The molecule has 0 saturated carbocycles. The van der Waals surface area contributed by atoms with E-state index in [4.69, 9.17) is 11.6 Å². The van der Waals surface area contributed by atoms with Gasteiger partial charge in [0.1, 0.15) is 0 Å². The second kappa shape index (κ2) is 8.99. The third kappa shape index (κ3) is 5.29. The molecule has 0 bridgehead atoms. The Bertz CT molecular complexity index is 615. The molecule has 2 nitrogen and oxygen atoms in total. The number of benzene rings is 2. The average molecular weight is 348 g/mol. The van der Waals surface area contributed by atoms with Crippen LogP contribution in [0.3, 0.4) is 0 Å². The van der Waals surface area contributed by atoms with Crippen LogP contribution in [0.25, 0.3) is 0 Å². The fourth-order valence-corrected chi connectivity index (χ4v) is 3.46. The van der Waals surface area contributed by atoms with Crippen LogP contribution in [0.15, 0.2) is 59.5 Å². The number of thioether (sulfide) groups is 1. The first-order chi connectivity index (χ1) is 11.1. The molecular formula is C19H22ClNOS. The summed E-state index contributed by atoms with van der Waals surface area (Å²) in [5, 5.41) is 3.79. The second-order valence-corrected chi connectivity index (χ2v) is 7.06. The van der Waals surface area contributed by atoms with Crippen molar-refractivity contribution in [2.45, 2.75) is 42.9 Å². The zero-order valence-electron chi connectivity index (χ0n) is 13.5. The highest BCUT2D eigenvalue weighted by Gasteiger charge is 2.21. The lowest BCUT2D eigenvalue weighted by molar-refractivity contribution is -0.121. The fraction of sp³-hybridized carbons (Fsp3) is 0.316. The van der Waals surface area contributed by atoms with Crippen LogP contribution in [0.1, 0.15) is 38.3 Å². The van der Waals surface area contributed by atoms with Crippen molar-refractivity contribution in [1.82, 2.24) is 5.32 Å². The molecule has 0 radical (unpaired) electrons. The van der Waals surface area contributed by atoms with Gasteiger partial charge in [0.25, 0.3) is 0 Å².